The predicted molar refractivity (Wildman–Crippen MR) is 113 cm³/mol. The van der Waals surface area contributed by atoms with E-state index in [4.69, 9.17) is 11.6 Å². The maximum Gasteiger partial charge on any atom is 0.257 e. The first-order chi connectivity index (χ1) is 14.6. The molecule has 1 aliphatic rings. The van der Waals surface area contributed by atoms with Crippen LogP contribution in [0.25, 0.3) is 5.69 Å². The van der Waals surface area contributed by atoms with E-state index in [2.05, 4.69) is 15.6 Å². The van der Waals surface area contributed by atoms with Crippen molar-refractivity contribution >= 4 is 23.4 Å². The van der Waals surface area contributed by atoms with Gasteiger partial charge in [-0.2, -0.15) is 0 Å². The maximum absolute atomic E-state index is 13.6. The van der Waals surface area contributed by atoms with Gasteiger partial charge in [0.25, 0.3) is 5.91 Å². The van der Waals surface area contributed by atoms with Crippen LogP contribution in [0.1, 0.15) is 48.4 Å². The lowest BCUT2D eigenvalue weighted by atomic mass is 10.0. The van der Waals surface area contributed by atoms with Crippen molar-refractivity contribution in [3.8, 4) is 5.69 Å². The molecule has 0 spiro atoms. The van der Waals surface area contributed by atoms with E-state index in [0.29, 0.717) is 27.5 Å². The number of nitrogens with one attached hydrogen (secondary N) is 1. The summed E-state index contributed by atoms with van der Waals surface area (Å²) in [5.74, 6) is -1.16. The highest BCUT2D eigenvalue weighted by atomic mass is 35.5. The topological polar surface area (TPSA) is 80.1 Å². The second-order valence-corrected chi connectivity index (χ2v) is 8.86. The van der Waals surface area contributed by atoms with E-state index in [1.807, 2.05) is 20.8 Å². The smallest absolute Gasteiger partial charge is 0.257 e. The van der Waals surface area contributed by atoms with Crippen molar-refractivity contribution < 1.29 is 14.0 Å². The van der Waals surface area contributed by atoms with E-state index in [9.17, 15) is 14.0 Å². The van der Waals surface area contributed by atoms with Crippen molar-refractivity contribution in [3.05, 3.63) is 76.3 Å². The van der Waals surface area contributed by atoms with Gasteiger partial charge in [0.15, 0.2) is 0 Å². The molecule has 9 heteroatoms. The fraction of sp³-hybridized carbons (Fsp3) is 0.273. The van der Waals surface area contributed by atoms with E-state index in [1.54, 1.807) is 29.1 Å². The van der Waals surface area contributed by atoms with Crippen molar-refractivity contribution in [2.75, 3.05) is 0 Å². The van der Waals surface area contributed by atoms with E-state index in [0.717, 1.165) is 0 Å². The SMILES string of the molecule is CC(C)(C)NC(=O)C(c1ccc(F)cc1)N1Cc2cnnn2-c2cc(Cl)ccc2C1=O. The van der Waals surface area contributed by atoms with Gasteiger partial charge in [0.05, 0.1) is 29.7 Å². The summed E-state index contributed by atoms with van der Waals surface area (Å²) in [6.45, 7) is 5.64. The lowest BCUT2D eigenvalue weighted by molar-refractivity contribution is -0.127. The van der Waals surface area contributed by atoms with Gasteiger partial charge < -0.3 is 10.2 Å². The molecule has 1 atom stereocenters. The van der Waals surface area contributed by atoms with Gasteiger partial charge in [0, 0.05) is 10.6 Å². The Balaban J connectivity index is 1.86. The van der Waals surface area contributed by atoms with Crippen molar-refractivity contribution in [1.29, 1.82) is 0 Å². The van der Waals surface area contributed by atoms with Crippen LogP contribution in [-0.2, 0) is 11.3 Å². The van der Waals surface area contributed by atoms with Gasteiger partial charge in [-0.1, -0.05) is 28.9 Å². The van der Waals surface area contributed by atoms with Gasteiger partial charge in [-0.25, -0.2) is 9.07 Å². The molecule has 31 heavy (non-hydrogen) atoms. The van der Waals surface area contributed by atoms with Crippen LogP contribution in [0.15, 0.2) is 48.7 Å². The summed E-state index contributed by atoms with van der Waals surface area (Å²) >= 11 is 6.16. The minimum atomic E-state index is -0.989. The first-order valence-electron chi connectivity index (χ1n) is 9.72. The van der Waals surface area contributed by atoms with Crippen LogP contribution >= 0.6 is 11.6 Å². The molecule has 4 rings (SSSR count). The second-order valence-electron chi connectivity index (χ2n) is 8.43. The van der Waals surface area contributed by atoms with Crippen LogP contribution in [-0.4, -0.2) is 37.2 Å². The third kappa shape index (κ3) is 4.16. The molecule has 2 heterocycles. The van der Waals surface area contributed by atoms with Crippen LogP contribution in [0.4, 0.5) is 4.39 Å². The fourth-order valence-corrected chi connectivity index (χ4v) is 3.76. The average molecular weight is 442 g/mol. The lowest BCUT2D eigenvalue weighted by Gasteiger charge is -2.33. The first-order valence-corrected chi connectivity index (χ1v) is 10.1. The molecule has 0 radical (unpaired) electrons. The Morgan fingerprint density at radius 3 is 2.58 bits per heavy atom. The second kappa shape index (κ2) is 7.77. The molecule has 1 N–H and O–H groups in total. The third-order valence-electron chi connectivity index (χ3n) is 4.88. The molecule has 0 aliphatic carbocycles. The third-order valence-corrected chi connectivity index (χ3v) is 5.11. The highest BCUT2D eigenvalue weighted by Gasteiger charge is 2.37. The van der Waals surface area contributed by atoms with Crippen LogP contribution < -0.4 is 5.32 Å². The standard InChI is InChI=1S/C22H21ClFN5O2/c1-22(2,3)26-20(30)19(13-4-7-15(24)8-5-13)28-12-16-11-25-27-29(16)18-10-14(23)6-9-17(18)21(28)31/h4-11,19H,12H2,1-3H3,(H,26,30). The fourth-order valence-electron chi connectivity index (χ4n) is 3.59. The van der Waals surface area contributed by atoms with E-state index >= 15 is 0 Å². The minimum Gasteiger partial charge on any atom is -0.349 e. The van der Waals surface area contributed by atoms with Gasteiger partial charge in [0.2, 0.25) is 5.91 Å². The van der Waals surface area contributed by atoms with Gasteiger partial charge in [-0.3, -0.25) is 9.59 Å². The molecular weight excluding hydrogens is 421 g/mol. The monoisotopic (exact) mass is 441 g/mol. The molecule has 7 nitrogen and oxygen atoms in total. The summed E-state index contributed by atoms with van der Waals surface area (Å²) < 4.78 is 15.1. The molecule has 0 bridgehead atoms. The zero-order valence-electron chi connectivity index (χ0n) is 17.3. The number of carbonyl (C=O) groups excluding carboxylic acids is 2. The summed E-state index contributed by atoms with van der Waals surface area (Å²) in [6.07, 6.45) is 1.54. The Morgan fingerprint density at radius 1 is 1.19 bits per heavy atom. The quantitative estimate of drug-likeness (QED) is 0.672. The number of nitrogens with zero attached hydrogens (tertiary/aromatic N) is 4. The molecular formula is C22H21ClFN5O2. The minimum absolute atomic E-state index is 0.0811. The van der Waals surface area contributed by atoms with Crippen LogP contribution in [0.2, 0.25) is 5.02 Å². The zero-order valence-corrected chi connectivity index (χ0v) is 18.0. The number of benzene rings is 2. The summed E-state index contributed by atoms with van der Waals surface area (Å²) in [5, 5.41) is 11.4. The number of aromatic nitrogens is 3. The number of rotatable bonds is 3. The van der Waals surface area contributed by atoms with Gasteiger partial charge in [0.1, 0.15) is 11.9 Å². The molecule has 1 unspecified atom stereocenters. The molecule has 3 aromatic rings. The lowest BCUT2D eigenvalue weighted by Crippen LogP contribution is -2.49. The molecule has 1 aromatic heterocycles. The number of hydrogen-bond donors (Lipinski definition) is 1. The van der Waals surface area contributed by atoms with Crippen molar-refractivity contribution in [2.45, 2.75) is 38.9 Å². The van der Waals surface area contributed by atoms with E-state index in [-0.39, 0.29) is 18.4 Å². The Bertz CT molecular complexity index is 1150. The maximum atomic E-state index is 13.6. The van der Waals surface area contributed by atoms with Crippen LogP contribution in [0.3, 0.4) is 0 Å². The Hall–Kier alpha value is -3.26. The molecule has 0 fully saturated rings. The average Bonchev–Trinajstić information content (AvgIpc) is 3.11. The highest BCUT2D eigenvalue weighted by Crippen LogP contribution is 2.32. The highest BCUT2D eigenvalue weighted by molar-refractivity contribution is 6.31. The Labute approximate surface area is 183 Å². The number of amides is 2. The number of halogens is 2. The van der Waals surface area contributed by atoms with Crippen molar-refractivity contribution in [1.82, 2.24) is 25.2 Å². The largest absolute Gasteiger partial charge is 0.349 e. The molecule has 1 aliphatic heterocycles. The number of fused-ring (bicyclic) bond motifs is 3. The van der Waals surface area contributed by atoms with Crippen molar-refractivity contribution in [3.63, 3.8) is 0 Å². The summed E-state index contributed by atoms with van der Waals surface area (Å²) in [7, 11) is 0. The molecule has 0 saturated heterocycles. The summed E-state index contributed by atoms with van der Waals surface area (Å²) in [6, 6.07) is 9.43. The van der Waals surface area contributed by atoms with Crippen LogP contribution in [0.5, 0.6) is 0 Å². The van der Waals surface area contributed by atoms with Gasteiger partial charge >= 0.3 is 0 Å². The summed E-state index contributed by atoms with van der Waals surface area (Å²) in [5.41, 5.74) is 1.41. The van der Waals surface area contributed by atoms with Gasteiger partial charge in [-0.05, 0) is 56.7 Å². The molecule has 2 amide bonds. The summed E-state index contributed by atoms with van der Waals surface area (Å²) in [4.78, 5) is 28.4. The normalized spacial score (nSPS) is 14.5. The predicted octanol–water partition coefficient (Wildman–Crippen LogP) is 3.67. The molecule has 0 saturated carbocycles. The van der Waals surface area contributed by atoms with Gasteiger partial charge in [-0.15, -0.1) is 5.10 Å². The van der Waals surface area contributed by atoms with Crippen molar-refractivity contribution in [2.24, 2.45) is 0 Å². The Kier molecular flexibility index (Phi) is 5.26. The molecule has 2 aromatic carbocycles. The number of hydrogen-bond acceptors (Lipinski definition) is 4. The first kappa shape index (κ1) is 21.0. The van der Waals surface area contributed by atoms with E-state index in [1.165, 1.54) is 29.2 Å². The number of carbonyl (C=O) groups is 2. The zero-order chi connectivity index (χ0) is 22.3. The molecule has 160 valence electrons. The van der Waals surface area contributed by atoms with Crippen LogP contribution in [0, 0.1) is 5.82 Å². The van der Waals surface area contributed by atoms with E-state index < -0.39 is 17.4 Å². The Morgan fingerprint density at radius 2 is 1.90 bits per heavy atom.